The number of hydrogen-bond acceptors (Lipinski definition) is 6. The highest BCUT2D eigenvalue weighted by Crippen LogP contribution is 2.39. The van der Waals surface area contributed by atoms with Crippen LogP contribution in [0.2, 0.25) is 0 Å². The lowest BCUT2D eigenvalue weighted by molar-refractivity contribution is 0.454. The Morgan fingerprint density at radius 3 is 2.34 bits per heavy atom. The largest absolute Gasteiger partial charge is 0.507 e. The van der Waals surface area contributed by atoms with E-state index in [9.17, 15) is 14.7 Å². The first-order valence-corrected chi connectivity index (χ1v) is 9.82. The van der Waals surface area contributed by atoms with Crippen molar-refractivity contribution < 1.29 is 13.9 Å². The summed E-state index contributed by atoms with van der Waals surface area (Å²) in [7, 11) is 0. The Bertz CT molecular complexity index is 1460. The zero-order valence-electron chi connectivity index (χ0n) is 15.0. The molecule has 2 aromatic carbocycles. The smallest absolute Gasteiger partial charge is 0.344 e. The quantitative estimate of drug-likeness (QED) is 0.437. The molecule has 5 nitrogen and oxygen atoms in total. The molecule has 0 saturated heterocycles. The SMILES string of the molecule is O=c1oc2ccccc2cc1C(c1cccs1)c1c(O)c2ccccc2oc1=O. The normalized spacial score (nSPS) is 12.4. The Kier molecular flexibility index (Phi) is 4.07. The first kappa shape index (κ1) is 17.5. The standard InChI is InChI=1S/C23H14O5S/c24-21-14-7-2-4-9-17(14)28-23(26)20(21)19(18-10-5-11-29-18)15-12-13-6-1-3-8-16(13)27-22(15)25/h1-12,19,24H. The molecule has 6 heteroatoms. The number of hydrogen-bond donors (Lipinski definition) is 1. The lowest BCUT2D eigenvalue weighted by atomic mass is 9.90. The molecule has 0 radical (unpaired) electrons. The van der Waals surface area contributed by atoms with E-state index in [1.165, 1.54) is 11.3 Å². The van der Waals surface area contributed by atoms with Gasteiger partial charge >= 0.3 is 11.3 Å². The van der Waals surface area contributed by atoms with Gasteiger partial charge in [-0.25, -0.2) is 9.59 Å². The summed E-state index contributed by atoms with van der Waals surface area (Å²) in [6, 6.07) is 19.3. The fraction of sp³-hybridized carbons (Fsp3) is 0.0435. The molecule has 1 N–H and O–H groups in total. The van der Waals surface area contributed by atoms with Crippen LogP contribution in [-0.2, 0) is 0 Å². The van der Waals surface area contributed by atoms with Crippen molar-refractivity contribution in [3.8, 4) is 5.75 Å². The van der Waals surface area contributed by atoms with Crippen molar-refractivity contribution >= 4 is 33.3 Å². The van der Waals surface area contributed by atoms with Crippen molar-refractivity contribution in [2.75, 3.05) is 0 Å². The van der Waals surface area contributed by atoms with Gasteiger partial charge in [0, 0.05) is 10.3 Å². The second kappa shape index (κ2) is 6.76. The lowest BCUT2D eigenvalue weighted by Gasteiger charge is -2.16. The maximum Gasteiger partial charge on any atom is 0.344 e. The minimum atomic E-state index is -0.809. The first-order valence-electron chi connectivity index (χ1n) is 8.94. The minimum Gasteiger partial charge on any atom is -0.507 e. The van der Waals surface area contributed by atoms with Crippen molar-refractivity contribution in [3.63, 3.8) is 0 Å². The molecule has 0 aliphatic rings. The van der Waals surface area contributed by atoms with E-state index < -0.39 is 17.2 Å². The average Bonchev–Trinajstić information content (AvgIpc) is 3.25. The van der Waals surface area contributed by atoms with Gasteiger partial charge in [-0.2, -0.15) is 0 Å². The van der Waals surface area contributed by atoms with Crippen molar-refractivity contribution in [3.05, 3.63) is 109 Å². The summed E-state index contributed by atoms with van der Waals surface area (Å²) in [5, 5.41) is 14.0. The summed E-state index contributed by atoms with van der Waals surface area (Å²) in [4.78, 5) is 26.5. The van der Waals surface area contributed by atoms with E-state index in [1.807, 2.05) is 29.6 Å². The average molecular weight is 402 g/mol. The second-order valence-electron chi connectivity index (χ2n) is 6.62. The zero-order valence-corrected chi connectivity index (χ0v) is 15.8. The van der Waals surface area contributed by atoms with Crippen LogP contribution in [-0.4, -0.2) is 5.11 Å². The maximum absolute atomic E-state index is 12.9. The van der Waals surface area contributed by atoms with Crippen LogP contribution in [0.4, 0.5) is 0 Å². The van der Waals surface area contributed by atoms with Gasteiger partial charge < -0.3 is 13.9 Å². The van der Waals surface area contributed by atoms with Crippen molar-refractivity contribution in [1.82, 2.24) is 0 Å². The predicted octanol–water partition coefficient (Wildman–Crippen LogP) is 4.85. The third kappa shape index (κ3) is 2.85. The molecule has 0 fully saturated rings. The predicted molar refractivity (Wildman–Crippen MR) is 112 cm³/mol. The molecular formula is C23H14O5S. The molecule has 1 unspecified atom stereocenters. The Hall–Kier alpha value is -3.64. The third-order valence-corrected chi connectivity index (χ3v) is 5.85. The summed E-state index contributed by atoms with van der Waals surface area (Å²) >= 11 is 1.39. The summed E-state index contributed by atoms with van der Waals surface area (Å²) in [5.41, 5.74) is -0.214. The molecule has 0 aliphatic heterocycles. The third-order valence-electron chi connectivity index (χ3n) is 4.92. The summed E-state index contributed by atoms with van der Waals surface area (Å²) in [5.74, 6) is -1.00. The highest BCUT2D eigenvalue weighted by atomic mass is 32.1. The molecular weight excluding hydrogens is 388 g/mol. The number of aromatic hydroxyl groups is 1. The van der Waals surface area contributed by atoms with E-state index in [-0.39, 0.29) is 22.5 Å². The molecule has 0 bridgehead atoms. The number of rotatable bonds is 3. The van der Waals surface area contributed by atoms with E-state index in [1.54, 1.807) is 42.5 Å². The second-order valence-corrected chi connectivity index (χ2v) is 7.60. The van der Waals surface area contributed by atoms with Crippen molar-refractivity contribution in [1.29, 1.82) is 0 Å². The van der Waals surface area contributed by atoms with Gasteiger partial charge in [-0.3, -0.25) is 0 Å². The molecule has 142 valence electrons. The van der Waals surface area contributed by atoms with Crippen LogP contribution >= 0.6 is 11.3 Å². The van der Waals surface area contributed by atoms with Crippen molar-refractivity contribution in [2.45, 2.75) is 5.92 Å². The number of fused-ring (bicyclic) bond motifs is 2. The Balaban J connectivity index is 1.86. The van der Waals surface area contributed by atoms with Crippen LogP contribution < -0.4 is 11.3 Å². The number of para-hydroxylation sites is 2. The zero-order chi connectivity index (χ0) is 20.0. The molecule has 5 rings (SSSR count). The van der Waals surface area contributed by atoms with E-state index in [4.69, 9.17) is 8.83 Å². The summed E-state index contributed by atoms with van der Waals surface area (Å²) < 4.78 is 11.0. The van der Waals surface area contributed by atoms with E-state index >= 15 is 0 Å². The Labute approximate surface area is 168 Å². The van der Waals surface area contributed by atoms with Gasteiger partial charge in [0.2, 0.25) is 0 Å². The van der Waals surface area contributed by atoms with Crippen LogP contribution in [0.3, 0.4) is 0 Å². The highest BCUT2D eigenvalue weighted by Gasteiger charge is 2.30. The van der Waals surface area contributed by atoms with Crippen LogP contribution in [0.5, 0.6) is 5.75 Å². The fourth-order valence-corrected chi connectivity index (χ4v) is 4.44. The van der Waals surface area contributed by atoms with E-state index in [0.29, 0.717) is 11.0 Å². The molecule has 0 amide bonds. The van der Waals surface area contributed by atoms with Gasteiger partial charge in [0.05, 0.1) is 22.4 Å². The lowest BCUT2D eigenvalue weighted by Crippen LogP contribution is -2.20. The molecule has 0 aliphatic carbocycles. The van der Waals surface area contributed by atoms with Gasteiger partial charge in [0.25, 0.3) is 0 Å². The monoisotopic (exact) mass is 402 g/mol. The van der Waals surface area contributed by atoms with E-state index in [0.717, 1.165) is 10.3 Å². The van der Waals surface area contributed by atoms with Gasteiger partial charge in [0.1, 0.15) is 16.9 Å². The Morgan fingerprint density at radius 2 is 1.55 bits per heavy atom. The van der Waals surface area contributed by atoms with Gasteiger partial charge in [-0.15, -0.1) is 11.3 Å². The van der Waals surface area contributed by atoms with Crippen LogP contribution in [0.25, 0.3) is 21.9 Å². The molecule has 0 saturated carbocycles. The molecule has 3 heterocycles. The van der Waals surface area contributed by atoms with Crippen molar-refractivity contribution in [2.24, 2.45) is 0 Å². The summed E-state index contributed by atoms with van der Waals surface area (Å²) in [6.07, 6.45) is 0. The van der Waals surface area contributed by atoms with Gasteiger partial charge in [0.15, 0.2) is 0 Å². The summed E-state index contributed by atoms with van der Waals surface area (Å²) in [6.45, 7) is 0. The number of benzene rings is 2. The fourth-order valence-electron chi connectivity index (χ4n) is 3.59. The minimum absolute atomic E-state index is 0.0220. The topological polar surface area (TPSA) is 80.7 Å². The molecule has 0 spiro atoms. The van der Waals surface area contributed by atoms with Crippen LogP contribution in [0, 0.1) is 0 Å². The molecule has 5 aromatic rings. The van der Waals surface area contributed by atoms with Crippen LogP contribution in [0.15, 0.2) is 90.5 Å². The van der Waals surface area contributed by atoms with Gasteiger partial charge in [-0.1, -0.05) is 36.4 Å². The molecule has 29 heavy (non-hydrogen) atoms. The first-order chi connectivity index (χ1) is 14.1. The van der Waals surface area contributed by atoms with Gasteiger partial charge in [-0.05, 0) is 35.7 Å². The maximum atomic E-state index is 12.9. The molecule has 3 aromatic heterocycles. The number of thiophene rings is 1. The highest BCUT2D eigenvalue weighted by molar-refractivity contribution is 7.10. The Morgan fingerprint density at radius 1 is 0.828 bits per heavy atom. The van der Waals surface area contributed by atoms with E-state index in [2.05, 4.69) is 0 Å². The van der Waals surface area contributed by atoms with Crippen LogP contribution in [0.1, 0.15) is 21.9 Å². The molecule has 1 atom stereocenters.